The minimum Gasteiger partial charge on any atom is -0.379 e. The first-order valence-corrected chi connectivity index (χ1v) is 9.15. The summed E-state index contributed by atoms with van der Waals surface area (Å²) in [6.07, 6.45) is 6.82. The number of amides is 1. The lowest BCUT2D eigenvalue weighted by Gasteiger charge is -2.35. The van der Waals surface area contributed by atoms with Crippen LogP contribution in [-0.4, -0.2) is 54.2 Å². The van der Waals surface area contributed by atoms with E-state index in [0.717, 1.165) is 45.6 Å². The van der Waals surface area contributed by atoms with E-state index in [-0.39, 0.29) is 11.8 Å². The van der Waals surface area contributed by atoms with Gasteiger partial charge in [-0.2, -0.15) is 0 Å². The van der Waals surface area contributed by atoms with Gasteiger partial charge in [-0.3, -0.25) is 9.78 Å². The molecule has 3 rings (SSSR count). The van der Waals surface area contributed by atoms with Crippen molar-refractivity contribution in [3.05, 3.63) is 30.1 Å². The lowest BCUT2D eigenvalue weighted by atomic mass is 9.93. The summed E-state index contributed by atoms with van der Waals surface area (Å²) in [5.41, 5.74) is 1.32. The van der Waals surface area contributed by atoms with Gasteiger partial charge >= 0.3 is 0 Å². The Hall–Kier alpha value is -1.46. The molecule has 1 aromatic heterocycles. The number of likely N-dealkylation sites (tertiary alicyclic amines) is 1. The molecule has 2 aliphatic rings. The summed E-state index contributed by atoms with van der Waals surface area (Å²) in [5, 5.41) is 3.80. The SMILES string of the molecule is CC(C)C(=O)N1CCC(N[C@H]2COC[C@H]2Cc2ccncc2)CC1. The van der Waals surface area contributed by atoms with E-state index in [1.54, 1.807) is 0 Å². The molecule has 0 spiro atoms. The zero-order valence-corrected chi connectivity index (χ0v) is 14.8. The van der Waals surface area contributed by atoms with Crippen molar-refractivity contribution in [1.29, 1.82) is 0 Å². The zero-order chi connectivity index (χ0) is 16.9. The number of hydrogen-bond acceptors (Lipinski definition) is 4. The van der Waals surface area contributed by atoms with Gasteiger partial charge in [-0.05, 0) is 37.0 Å². The number of carbonyl (C=O) groups excluding carboxylic acids is 1. The van der Waals surface area contributed by atoms with Crippen LogP contribution in [0.4, 0.5) is 0 Å². The van der Waals surface area contributed by atoms with Crippen LogP contribution >= 0.6 is 0 Å². The van der Waals surface area contributed by atoms with Gasteiger partial charge in [0.05, 0.1) is 13.2 Å². The molecule has 0 radical (unpaired) electrons. The molecule has 0 aliphatic carbocycles. The van der Waals surface area contributed by atoms with Crippen molar-refractivity contribution in [1.82, 2.24) is 15.2 Å². The van der Waals surface area contributed by atoms with Crippen LogP contribution in [0, 0.1) is 11.8 Å². The number of carbonyl (C=O) groups is 1. The molecule has 0 aromatic carbocycles. The van der Waals surface area contributed by atoms with Crippen LogP contribution in [0.1, 0.15) is 32.3 Å². The number of rotatable bonds is 5. The van der Waals surface area contributed by atoms with Gasteiger partial charge in [0.15, 0.2) is 0 Å². The number of pyridine rings is 1. The fourth-order valence-electron chi connectivity index (χ4n) is 3.74. The molecule has 2 aliphatic heterocycles. The minimum atomic E-state index is 0.0995. The van der Waals surface area contributed by atoms with Crippen molar-refractivity contribution in [2.45, 2.75) is 45.2 Å². The molecule has 1 amide bonds. The first kappa shape index (κ1) is 17.4. The van der Waals surface area contributed by atoms with Gasteiger partial charge in [0.1, 0.15) is 0 Å². The molecule has 2 saturated heterocycles. The normalized spacial score (nSPS) is 25.4. The molecule has 2 fully saturated rings. The van der Waals surface area contributed by atoms with Gasteiger partial charge in [-0.25, -0.2) is 0 Å². The van der Waals surface area contributed by atoms with Crippen molar-refractivity contribution in [3.8, 4) is 0 Å². The smallest absolute Gasteiger partial charge is 0.225 e. The molecule has 0 bridgehead atoms. The fourth-order valence-corrected chi connectivity index (χ4v) is 3.74. The minimum absolute atomic E-state index is 0.0995. The van der Waals surface area contributed by atoms with Crippen LogP contribution in [0.3, 0.4) is 0 Å². The number of hydrogen-bond donors (Lipinski definition) is 1. The van der Waals surface area contributed by atoms with Crippen molar-refractivity contribution in [2.75, 3.05) is 26.3 Å². The molecule has 3 heterocycles. The Balaban J connectivity index is 1.48. The molecule has 24 heavy (non-hydrogen) atoms. The van der Waals surface area contributed by atoms with Gasteiger partial charge in [0, 0.05) is 49.4 Å². The maximum absolute atomic E-state index is 12.1. The third-order valence-electron chi connectivity index (χ3n) is 5.20. The van der Waals surface area contributed by atoms with E-state index in [0.29, 0.717) is 18.0 Å². The summed E-state index contributed by atoms with van der Waals surface area (Å²) in [4.78, 5) is 18.2. The first-order valence-electron chi connectivity index (χ1n) is 9.15. The Morgan fingerprint density at radius 2 is 2.00 bits per heavy atom. The molecule has 2 atom stereocenters. The molecule has 0 unspecified atom stereocenters. The van der Waals surface area contributed by atoms with E-state index in [4.69, 9.17) is 4.74 Å². The highest BCUT2D eigenvalue weighted by Gasteiger charge is 2.32. The number of nitrogens with zero attached hydrogens (tertiary/aromatic N) is 2. The number of piperidine rings is 1. The highest BCUT2D eigenvalue weighted by molar-refractivity contribution is 5.78. The second kappa shape index (κ2) is 8.08. The van der Waals surface area contributed by atoms with E-state index in [1.165, 1.54) is 5.56 Å². The van der Waals surface area contributed by atoms with Gasteiger partial charge in [0.2, 0.25) is 5.91 Å². The Morgan fingerprint density at radius 1 is 1.29 bits per heavy atom. The van der Waals surface area contributed by atoms with Crippen LogP contribution in [0.15, 0.2) is 24.5 Å². The maximum atomic E-state index is 12.1. The number of ether oxygens (including phenoxy) is 1. The molecule has 132 valence electrons. The fraction of sp³-hybridized carbons (Fsp3) is 0.684. The summed E-state index contributed by atoms with van der Waals surface area (Å²) < 4.78 is 5.73. The van der Waals surface area contributed by atoms with E-state index in [9.17, 15) is 4.79 Å². The molecule has 1 N–H and O–H groups in total. The summed E-state index contributed by atoms with van der Waals surface area (Å²) in [6, 6.07) is 5.08. The quantitative estimate of drug-likeness (QED) is 0.895. The summed E-state index contributed by atoms with van der Waals surface area (Å²) >= 11 is 0. The van der Waals surface area contributed by atoms with Crippen LogP contribution < -0.4 is 5.32 Å². The Kier molecular flexibility index (Phi) is 5.85. The Bertz CT molecular complexity index is 527. The topological polar surface area (TPSA) is 54.5 Å². The average molecular weight is 331 g/mol. The molecular weight excluding hydrogens is 302 g/mol. The highest BCUT2D eigenvalue weighted by Crippen LogP contribution is 2.21. The predicted molar refractivity (Wildman–Crippen MR) is 93.6 cm³/mol. The summed E-state index contributed by atoms with van der Waals surface area (Å²) in [7, 11) is 0. The molecule has 5 heteroatoms. The monoisotopic (exact) mass is 331 g/mol. The lowest BCUT2D eigenvalue weighted by molar-refractivity contribution is -0.135. The van der Waals surface area contributed by atoms with Gasteiger partial charge in [0.25, 0.3) is 0 Å². The van der Waals surface area contributed by atoms with Gasteiger partial charge in [-0.15, -0.1) is 0 Å². The van der Waals surface area contributed by atoms with Crippen molar-refractivity contribution < 1.29 is 9.53 Å². The second-order valence-electron chi connectivity index (χ2n) is 7.38. The average Bonchev–Trinajstić information content (AvgIpc) is 3.02. The number of aromatic nitrogens is 1. The van der Waals surface area contributed by atoms with Gasteiger partial charge in [-0.1, -0.05) is 13.8 Å². The van der Waals surface area contributed by atoms with Crippen molar-refractivity contribution >= 4 is 5.91 Å². The van der Waals surface area contributed by atoms with Crippen molar-refractivity contribution in [3.63, 3.8) is 0 Å². The third kappa shape index (κ3) is 4.33. The summed E-state index contributed by atoms with van der Waals surface area (Å²) in [5.74, 6) is 0.901. The predicted octanol–water partition coefficient (Wildman–Crippen LogP) is 1.88. The molecule has 5 nitrogen and oxygen atoms in total. The second-order valence-corrected chi connectivity index (χ2v) is 7.38. The van der Waals surface area contributed by atoms with Crippen molar-refractivity contribution in [2.24, 2.45) is 11.8 Å². The van der Waals surface area contributed by atoms with Gasteiger partial charge < -0.3 is 15.0 Å². The first-order chi connectivity index (χ1) is 11.6. The summed E-state index contributed by atoms with van der Waals surface area (Å²) in [6.45, 7) is 7.32. The van der Waals surface area contributed by atoms with E-state index in [1.807, 2.05) is 31.1 Å². The standard InChI is InChI=1S/C19H29N3O2/c1-14(2)19(23)22-9-5-17(6-10-22)21-18-13-24-12-16(18)11-15-3-7-20-8-4-15/h3-4,7-8,14,16-18,21H,5-6,9-13H2,1-2H3/t16-,18+/m1/s1. The zero-order valence-electron chi connectivity index (χ0n) is 14.8. The maximum Gasteiger partial charge on any atom is 0.225 e. The third-order valence-corrected chi connectivity index (χ3v) is 5.20. The lowest BCUT2D eigenvalue weighted by Crippen LogP contribution is -2.50. The van der Waals surface area contributed by atoms with E-state index in [2.05, 4.69) is 22.4 Å². The number of nitrogens with one attached hydrogen (secondary N) is 1. The van der Waals surface area contributed by atoms with E-state index >= 15 is 0 Å². The van der Waals surface area contributed by atoms with E-state index < -0.39 is 0 Å². The molecular formula is C19H29N3O2. The van der Waals surface area contributed by atoms with Crippen LogP contribution in [0.2, 0.25) is 0 Å². The Labute approximate surface area is 144 Å². The van der Waals surface area contributed by atoms with Crippen LogP contribution in [-0.2, 0) is 16.0 Å². The van der Waals surface area contributed by atoms with Crippen LogP contribution in [0.5, 0.6) is 0 Å². The Morgan fingerprint density at radius 3 is 2.67 bits per heavy atom. The highest BCUT2D eigenvalue weighted by atomic mass is 16.5. The molecule has 0 saturated carbocycles. The largest absolute Gasteiger partial charge is 0.379 e. The van der Waals surface area contributed by atoms with Crippen LogP contribution in [0.25, 0.3) is 0 Å². The molecule has 1 aromatic rings.